The minimum absolute atomic E-state index is 0.168. The maximum Gasteiger partial charge on any atom is 0.261 e. The predicted molar refractivity (Wildman–Crippen MR) is 77.5 cm³/mol. The highest BCUT2D eigenvalue weighted by molar-refractivity contribution is 7.20. The molecule has 1 aromatic carbocycles. The molecular weight excluding hydrogens is 277 g/mol. The second-order valence-electron chi connectivity index (χ2n) is 5.22. The number of carbonyl (C=O) groups is 1. The molecule has 106 valence electrons. The van der Waals surface area contributed by atoms with E-state index in [4.69, 9.17) is 0 Å². The van der Waals surface area contributed by atoms with E-state index in [0.29, 0.717) is 4.88 Å². The van der Waals surface area contributed by atoms with Crippen LogP contribution in [-0.2, 0) is 0 Å². The second kappa shape index (κ2) is 5.50. The van der Waals surface area contributed by atoms with Gasteiger partial charge in [-0.05, 0) is 36.4 Å². The lowest BCUT2D eigenvalue weighted by atomic mass is 9.92. The van der Waals surface area contributed by atoms with Crippen LogP contribution in [0.5, 0.6) is 0 Å². The molecule has 0 unspecified atom stereocenters. The van der Waals surface area contributed by atoms with E-state index in [-0.39, 0.29) is 17.8 Å². The standard InChI is InChI=1S/C15H16FNO2S/c16-10-6-5-9-7-14(20-13(9)8-10)15(19)17-11-3-1-2-4-12(11)18/h5-8,11-12,18H,1-4H2,(H,17,19)/t11-,12-/m0/s1. The number of thiophene rings is 1. The third-order valence-corrected chi connectivity index (χ3v) is 4.85. The van der Waals surface area contributed by atoms with Crippen LogP contribution >= 0.6 is 11.3 Å². The van der Waals surface area contributed by atoms with Gasteiger partial charge in [0.2, 0.25) is 0 Å². The van der Waals surface area contributed by atoms with Gasteiger partial charge in [-0.25, -0.2) is 4.39 Å². The Morgan fingerprint density at radius 2 is 2.10 bits per heavy atom. The van der Waals surface area contributed by atoms with Gasteiger partial charge in [-0.3, -0.25) is 4.79 Å². The zero-order chi connectivity index (χ0) is 14.1. The van der Waals surface area contributed by atoms with Crippen molar-refractivity contribution in [1.82, 2.24) is 5.32 Å². The van der Waals surface area contributed by atoms with E-state index in [1.165, 1.54) is 23.5 Å². The van der Waals surface area contributed by atoms with Crippen molar-refractivity contribution in [3.63, 3.8) is 0 Å². The van der Waals surface area contributed by atoms with E-state index >= 15 is 0 Å². The second-order valence-corrected chi connectivity index (χ2v) is 6.31. The Balaban J connectivity index is 1.78. The molecule has 1 aromatic heterocycles. The van der Waals surface area contributed by atoms with Gasteiger partial charge in [0.25, 0.3) is 5.91 Å². The Bertz CT molecular complexity index is 640. The van der Waals surface area contributed by atoms with Gasteiger partial charge in [0, 0.05) is 4.70 Å². The fourth-order valence-electron chi connectivity index (χ4n) is 2.64. The van der Waals surface area contributed by atoms with Crippen molar-refractivity contribution < 1.29 is 14.3 Å². The van der Waals surface area contributed by atoms with Crippen LogP contribution in [0.2, 0.25) is 0 Å². The number of fused-ring (bicyclic) bond motifs is 1. The van der Waals surface area contributed by atoms with Gasteiger partial charge >= 0.3 is 0 Å². The highest BCUT2D eigenvalue weighted by atomic mass is 32.1. The molecule has 0 aliphatic heterocycles. The SMILES string of the molecule is O=C(N[C@H]1CCCC[C@@H]1O)c1cc2ccc(F)cc2s1. The van der Waals surface area contributed by atoms with Gasteiger partial charge in [-0.1, -0.05) is 18.9 Å². The highest BCUT2D eigenvalue weighted by Gasteiger charge is 2.25. The van der Waals surface area contributed by atoms with Crippen LogP contribution in [0.25, 0.3) is 10.1 Å². The highest BCUT2D eigenvalue weighted by Crippen LogP contribution is 2.27. The van der Waals surface area contributed by atoms with Gasteiger partial charge in [0.05, 0.1) is 17.0 Å². The fraction of sp³-hybridized carbons (Fsp3) is 0.400. The molecule has 0 radical (unpaired) electrons. The molecule has 2 atom stereocenters. The molecule has 3 rings (SSSR count). The average molecular weight is 293 g/mol. The van der Waals surface area contributed by atoms with Crippen LogP contribution in [0.15, 0.2) is 24.3 Å². The maximum atomic E-state index is 13.1. The third-order valence-electron chi connectivity index (χ3n) is 3.75. The molecule has 2 aromatic rings. The minimum atomic E-state index is -0.459. The number of rotatable bonds is 2. The number of aliphatic hydroxyl groups excluding tert-OH is 1. The van der Waals surface area contributed by atoms with Crippen LogP contribution < -0.4 is 5.32 Å². The monoisotopic (exact) mass is 293 g/mol. The first-order chi connectivity index (χ1) is 9.63. The Morgan fingerprint density at radius 3 is 2.90 bits per heavy atom. The average Bonchev–Trinajstić information content (AvgIpc) is 2.84. The Labute approximate surface area is 120 Å². The van der Waals surface area contributed by atoms with E-state index in [2.05, 4.69) is 5.32 Å². The summed E-state index contributed by atoms with van der Waals surface area (Å²) in [5.74, 6) is -0.480. The molecule has 20 heavy (non-hydrogen) atoms. The number of nitrogens with one attached hydrogen (secondary N) is 1. The summed E-state index contributed by atoms with van der Waals surface area (Å²) in [5, 5.41) is 13.6. The van der Waals surface area contributed by atoms with Crippen molar-refractivity contribution >= 4 is 27.3 Å². The molecule has 3 nitrogen and oxygen atoms in total. The zero-order valence-corrected chi connectivity index (χ0v) is 11.8. The summed E-state index contributed by atoms with van der Waals surface area (Å²) in [6.07, 6.45) is 3.13. The quantitative estimate of drug-likeness (QED) is 0.894. The molecular formula is C15H16FNO2S. The summed E-state index contributed by atoms with van der Waals surface area (Å²) < 4.78 is 13.9. The largest absolute Gasteiger partial charge is 0.391 e. The number of amides is 1. The number of hydrogen-bond donors (Lipinski definition) is 2. The van der Waals surface area contributed by atoms with E-state index in [1.807, 2.05) is 0 Å². The summed E-state index contributed by atoms with van der Waals surface area (Å²) >= 11 is 1.28. The van der Waals surface area contributed by atoms with Crippen molar-refractivity contribution in [2.45, 2.75) is 37.8 Å². The topological polar surface area (TPSA) is 49.3 Å². The van der Waals surface area contributed by atoms with Gasteiger partial charge in [-0.15, -0.1) is 11.3 Å². The lowest BCUT2D eigenvalue weighted by Gasteiger charge is -2.28. The number of hydrogen-bond acceptors (Lipinski definition) is 3. The first kappa shape index (κ1) is 13.5. The van der Waals surface area contributed by atoms with Crippen molar-refractivity contribution in [1.29, 1.82) is 0 Å². The molecule has 1 aliphatic carbocycles. The van der Waals surface area contributed by atoms with Gasteiger partial charge in [0.1, 0.15) is 5.82 Å². The molecule has 1 amide bonds. The van der Waals surface area contributed by atoms with Crippen LogP contribution in [0, 0.1) is 5.82 Å². The number of aliphatic hydroxyl groups is 1. The lowest BCUT2D eigenvalue weighted by Crippen LogP contribution is -2.44. The van der Waals surface area contributed by atoms with Crippen LogP contribution in [0.4, 0.5) is 4.39 Å². The molecule has 5 heteroatoms. The van der Waals surface area contributed by atoms with E-state index < -0.39 is 6.10 Å². The van der Waals surface area contributed by atoms with E-state index in [9.17, 15) is 14.3 Å². The maximum absolute atomic E-state index is 13.1. The van der Waals surface area contributed by atoms with Crippen molar-refractivity contribution in [3.8, 4) is 0 Å². The summed E-state index contributed by atoms with van der Waals surface area (Å²) in [6, 6.07) is 6.10. The molecule has 0 spiro atoms. The van der Waals surface area contributed by atoms with Crippen molar-refractivity contribution in [2.24, 2.45) is 0 Å². The number of carbonyl (C=O) groups excluding carboxylic acids is 1. The van der Waals surface area contributed by atoms with Gasteiger partial charge in [0.15, 0.2) is 0 Å². The first-order valence-electron chi connectivity index (χ1n) is 6.81. The Kier molecular flexibility index (Phi) is 3.72. The van der Waals surface area contributed by atoms with Crippen LogP contribution in [-0.4, -0.2) is 23.2 Å². The van der Waals surface area contributed by atoms with E-state index in [0.717, 1.165) is 35.8 Å². The van der Waals surface area contributed by atoms with Gasteiger partial charge in [-0.2, -0.15) is 0 Å². The summed E-state index contributed by atoms with van der Waals surface area (Å²) in [6.45, 7) is 0. The third kappa shape index (κ3) is 2.69. The van der Waals surface area contributed by atoms with Crippen molar-refractivity contribution in [3.05, 3.63) is 35.0 Å². The summed E-state index contributed by atoms with van der Waals surface area (Å²) in [4.78, 5) is 12.8. The molecule has 2 N–H and O–H groups in total. The molecule has 1 aliphatic rings. The molecule has 1 saturated carbocycles. The number of benzene rings is 1. The molecule has 1 heterocycles. The lowest BCUT2D eigenvalue weighted by molar-refractivity contribution is 0.0720. The van der Waals surface area contributed by atoms with E-state index in [1.54, 1.807) is 12.1 Å². The Morgan fingerprint density at radius 1 is 1.30 bits per heavy atom. The fourth-order valence-corrected chi connectivity index (χ4v) is 3.63. The van der Waals surface area contributed by atoms with Crippen LogP contribution in [0.3, 0.4) is 0 Å². The van der Waals surface area contributed by atoms with Crippen molar-refractivity contribution in [2.75, 3.05) is 0 Å². The molecule has 1 fully saturated rings. The normalized spacial score (nSPS) is 22.9. The smallest absolute Gasteiger partial charge is 0.261 e. The minimum Gasteiger partial charge on any atom is -0.391 e. The summed E-state index contributed by atoms with van der Waals surface area (Å²) in [5.41, 5.74) is 0. The summed E-state index contributed by atoms with van der Waals surface area (Å²) in [7, 11) is 0. The zero-order valence-electron chi connectivity index (χ0n) is 10.9. The first-order valence-corrected chi connectivity index (χ1v) is 7.63. The predicted octanol–water partition coefficient (Wildman–Crippen LogP) is 3.07. The van der Waals surface area contributed by atoms with Gasteiger partial charge < -0.3 is 10.4 Å². The Hall–Kier alpha value is -1.46. The molecule has 0 bridgehead atoms. The molecule has 0 saturated heterocycles. The van der Waals surface area contributed by atoms with Crippen LogP contribution in [0.1, 0.15) is 35.4 Å². The number of halogens is 1.